The van der Waals surface area contributed by atoms with Gasteiger partial charge in [-0.2, -0.15) is 0 Å². The summed E-state index contributed by atoms with van der Waals surface area (Å²) < 4.78 is 5.79. The van der Waals surface area contributed by atoms with Gasteiger partial charge in [-0.25, -0.2) is 0 Å². The molecule has 1 N–H and O–H groups in total. The normalized spacial score (nSPS) is 10.5. The summed E-state index contributed by atoms with van der Waals surface area (Å²) in [6.07, 6.45) is 0. The Labute approximate surface area is 136 Å². The molecule has 22 heavy (non-hydrogen) atoms. The number of amides is 1. The van der Waals surface area contributed by atoms with Gasteiger partial charge in [0.2, 0.25) is 0 Å². The number of rotatable bonds is 6. The third-order valence-corrected chi connectivity index (χ3v) is 3.36. The third-order valence-electron chi connectivity index (χ3n) is 3.11. The Balaban J connectivity index is 2.04. The lowest BCUT2D eigenvalue weighted by Crippen LogP contribution is -2.27. The first-order chi connectivity index (χ1) is 10.6. The number of hydrogen-bond donors (Lipinski definition) is 1. The molecule has 0 aliphatic rings. The first-order valence-corrected chi connectivity index (χ1v) is 7.68. The molecule has 2 rings (SSSR count). The molecular weight excluding hydrogens is 298 g/mol. The van der Waals surface area contributed by atoms with E-state index in [0.717, 1.165) is 5.56 Å². The van der Waals surface area contributed by atoms with Crippen molar-refractivity contribution in [1.29, 1.82) is 0 Å². The van der Waals surface area contributed by atoms with Crippen LogP contribution in [-0.4, -0.2) is 12.5 Å². The smallest absolute Gasteiger partial charge is 0.255 e. The van der Waals surface area contributed by atoms with E-state index in [2.05, 4.69) is 19.2 Å². The fraction of sp³-hybridized carbons (Fsp3) is 0.278. The van der Waals surface area contributed by atoms with Crippen LogP contribution in [0.1, 0.15) is 29.8 Å². The standard InChI is InChI=1S/C18H20ClNO2/c1-13(2)11-20-18(21)16-5-3-4-6-17(16)22-12-14-7-9-15(19)10-8-14/h3-10,13H,11-12H2,1-2H3,(H,20,21). The Morgan fingerprint density at radius 3 is 2.50 bits per heavy atom. The molecule has 2 aromatic rings. The zero-order valence-electron chi connectivity index (χ0n) is 12.8. The molecule has 0 saturated carbocycles. The fourth-order valence-electron chi connectivity index (χ4n) is 1.91. The largest absolute Gasteiger partial charge is 0.488 e. The Bertz CT molecular complexity index is 623. The van der Waals surface area contributed by atoms with Crippen molar-refractivity contribution in [3.8, 4) is 5.75 Å². The number of carbonyl (C=O) groups is 1. The first-order valence-electron chi connectivity index (χ1n) is 7.30. The van der Waals surface area contributed by atoms with E-state index in [1.54, 1.807) is 12.1 Å². The van der Waals surface area contributed by atoms with Crippen molar-refractivity contribution in [3.05, 3.63) is 64.7 Å². The molecule has 1 amide bonds. The molecule has 116 valence electrons. The van der Waals surface area contributed by atoms with Crippen LogP contribution in [0.15, 0.2) is 48.5 Å². The molecular formula is C18H20ClNO2. The first kappa shape index (κ1) is 16.4. The topological polar surface area (TPSA) is 38.3 Å². The average molecular weight is 318 g/mol. The molecule has 0 aliphatic heterocycles. The van der Waals surface area contributed by atoms with Crippen LogP contribution in [0.2, 0.25) is 5.02 Å². The number of halogens is 1. The zero-order valence-corrected chi connectivity index (χ0v) is 13.6. The van der Waals surface area contributed by atoms with Gasteiger partial charge in [0.25, 0.3) is 5.91 Å². The predicted molar refractivity (Wildman–Crippen MR) is 89.4 cm³/mol. The van der Waals surface area contributed by atoms with Crippen LogP contribution in [0.25, 0.3) is 0 Å². The van der Waals surface area contributed by atoms with Crippen molar-refractivity contribution in [2.75, 3.05) is 6.54 Å². The van der Waals surface area contributed by atoms with E-state index in [0.29, 0.717) is 35.4 Å². The van der Waals surface area contributed by atoms with E-state index in [9.17, 15) is 4.79 Å². The highest BCUT2D eigenvalue weighted by atomic mass is 35.5. The summed E-state index contributed by atoms with van der Waals surface area (Å²) in [4.78, 5) is 12.2. The van der Waals surface area contributed by atoms with Crippen LogP contribution in [0.5, 0.6) is 5.75 Å². The Kier molecular flexibility index (Phi) is 5.84. The van der Waals surface area contributed by atoms with E-state index in [1.807, 2.05) is 36.4 Å². The maximum absolute atomic E-state index is 12.2. The lowest BCUT2D eigenvalue weighted by Gasteiger charge is -2.12. The molecule has 0 spiro atoms. The molecule has 0 saturated heterocycles. The van der Waals surface area contributed by atoms with Crippen LogP contribution in [0, 0.1) is 5.92 Å². The molecule has 0 unspecified atom stereocenters. The molecule has 3 nitrogen and oxygen atoms in total. The predicted octanol–water partition coefficient (Wildman–Crippen LogP) is 4.30. The summed E-state index contributed by atoms with van der Waals surface area (Å²) in [5, 5.41) is 3.60. The van der Waals surface area contributed by atoms with E-state index in [1.165, 1.54) is 0 Å². The second-order valence-corrected chi connectivity index (χ2v) is 5.95. The molecule has 0 bridgehead atoms. The van der Waals surface area contributed by atoms with E-state index in [4.69, 9.17) is 16.3 Å². The van der Waals surface area contributed by atoms with Gasteiger partial charge in [-0.3, -0.25) is 4.79 Å². The Morgan fingerprint density at radius 1 is 1.14 bits per heavy atom. The van der Waals surface area contributed by atoms with Gasteiger partial charge >= 0.3 is 0 Å². The van der Waals surface area contributed by atoms with E-state index in [-0.39, 0.29) is 5.91 Å². The van der Waals surface area contributed by atoms with Crippen molar-refractivity contribution in [2.45, 2.75) is 20.5 Å². The van der Waals surface area contributed by atoms with Gasteiger partial charge in [0.05, 0.1) is 5.56 Å². The van der Waals surface area contributed by atoms with Gasteiger partial charge in [0.15, 0.2) is 0 Å². The van der Waals surface area contributed by atoms with Crippen LogP contribution >= 0.6 is 11.6 Å². The Morgan fingerprint density at radius 2 is 1.82 bits per heavy atom. The van der Waals surface area contributed by atoms with E-state index >= 15 is 0 Å². The van der Waals surface area contributed by atoms with Gasteiger partial charge < -0.3 is 10.1 Å². The summed E-state index contributed by atoms with van der Waals surface area (Å²) in [7, 11) is 0. The molecule has 0 atom stereocenters. The molecule has 2 aromatic carbocycles. The number of benzene rings is 2. The van der Waals surface area contributed by atoms with Crippen LogP contribution < -0.4 is 10.1 Å². The van der Waals surface area contributed by atoms with Crippen LogP contribution in [0.4, 0.5) is 0 Å². The van der Waals surface area contributed by atoms with Crippen molar-refractivity contribution < 1.29 is 9.53 Å². The minimum atomic E-state index is -0.111. The van der Waals surface area contributed by atoms with Gasteiger partial charge in [-0.1, -0.05) is 49.7 Å². The summed E-state index contributed by atoms with van der Waals surface area (Å²) >= 11 is 5.86. The van der Waals surface area contributed by atoms with Gasteiger partial charge in [0, 0.05) is 11.6 Å². The van der Waals surface area contributed by atoms with Crippen LogP contribution in [0.3, 0.4) is 0 Å². The highest BCUT2D eigenvalue weighted by molar-refractivity contribution is 6.30. The minimum absolute atomic E-state index is 0.111. The maximum atomic E-state index is 12.2. The zero-order chi connectivity index (χ0) is 15.9. The van der Waals surface area contributed by atoms with Crippen LogP contribution in [-0.2, 0) is 6.61 Å². The monoisotopic (exact) mass is 317 g/mol. The van der Waals surface area contributed by atoms with Crippen molar-refractivity contribution in [2.24, 2.45) is 5.92 Å². The van der Waals surface area contributed by atoms with Crippen molar-refractivity contribution in [3.63, 3.8) is 0 Å². The number of nitrogens with one attached hydrogen (secondary N) is 1. The molecule has 0 radical (unpaired) electrons. The lowest BCUT2D eigenvalue weighted by molar-refractivity contribution is 0.0944. The molecule has 0 aliphatic carbocycles. The summed E-state index contributed by atoms with van der Waals surface area (Å²) in [5.41, 5.74) is 1.55. The van der Waals surface area contributed by atoms with Gasteiger partial charge in [0.1, 0.15) is 12.4 Å². The average Bonchev–Trinajstić information content (AvgIpc) is 2.52. The Hall–Kier alpha value is -2.00. The SMILES string of the molecule is CC(C)CNC(=O)c1ccccc1OCc1ccc(Cl)cc1. The lowest BCUT2D eigenvalue weighted by atomic mass is 10.1. The number of carbonyl (C=O) groups excluding carboxylic acids is 1. The molecule has 0 aromatic heterocycles. The molecule has 4 heteroatoms. The highest BCUT2D eigenvalue weighted by Crippen LogP contribution is 2.20. The molecule has 0 heterocycles. The summed E-state index contributed by atoms with van der Waals surface area (Å²) in [5.74, 6) is 0.880. The van der Waals surface area contributed by atoms with Gasteiger partial charge in [-0.15, -0.1) is 0 Å². The quantitative estimate of drug-likeness (QED) is 0.862. The van der Waals surface area contributed by atoms with Crippen molar-refractivity contribution in [1.82, 2.24) is 5.32 Å². The number of para-hydroxylation sites is 1. The number of hydrogen-bond acceptors (Lipinski definition) is 2. The second-order valence-electron chi connectivity index (χ2n) is 5.52. The van der Waals surface area contributed by atoms with Gasteiger partial charge in [-0.05, 0) is 35.7 Å². The molecule has 0 fully saturated rings. The summed E-state index contributed by atoms with van der Waals surface area (Å²) in [6.45, 7) is 5.16. The summed E-state index contributed by atoms with van der Waals surface area (Å²) in [6, 6.07) is 14.7. The minimum Gasteiger partial charge on any atom is -0.488 e. The third kappa shape index (κ3) is 4.78. The van der Waals surface area contributed by atoms with Crippen molar-refractivity contribution >= 4 is 17.5 Å². The second kappa shape index (κ2) is 7.85. The highest BCUT2D eigenvalue weighted by Gasteiger charge is 2.12. The maximum Gasteiger partial charge on any atom is 0.255 e. The van der Waals surface area contributed by atoms with E-state index < -0.39 is 0 Å². The number of ether oxygens (including phenoxy) is 1. The fourth-order valence-corrected chi connectivity index (χ4v) is 2.04.